The molecule has 0 fully saturated rings. The Labute approximate surface area is 155 Å². The summed E-state index contributed by atoms with van der Waals surface area (Å²) in [7, 11) is 0. The second-order valence-corrected chi connectivity index (χ2v) is 5.99. The highest BCUT2D eigenvalue weighted by Crippen LogP contribution is 2.25. The van der Waals surface area contributed by atoms with E-state index in [4.69, 9.17) is 16.1 Å². The van der Waals surface area contributed by atoms with Crippen molar-refractivity contribution < 1.29 is 13.3 Å². The standard InChI is InChI=1S/C17H10ClF2N5O2/c18-10-3-1-2-9(15(10)20)8-25-14(12-4-5-27-24-12)6-13(23-25)16-21-7-11(19)17(26)22-16/h1-7H,8H2,(H,21,22,26). The van der Waals surface area contributed by atoms with Gasteiger partial charge in [-0.15, -0.1) is 0 Å². The van der Waals surface area contributed by atoms with Crippen LogP contribution in [-0.2, 0) is 6.54 Å². The average molecular weight is 390 g/mol. The number of benzene rings is 1. The first-order chi connectivity index (χ1) is 13.0. The SMILES string of the molecule is O=c1[nH]c(-c2cc(-c3ccon3)n(Cc3cccc(Cl)c3F)n2)ncc1F. The first kappa shape index (κ1) is 17.1. The lowest BCUT2D eigenvalue weighted by Crippen LogP contribution is -2.12. The molecule has 4 aromatic rings. The number of hydrogen-bond donors (Lipinski definition) is 1. The van der Waals surface area contributed by atoms with Crippen molar-refractivity contribution in [1.29, 1.82) is 0 Å². The molecule has 1 aromatic carbocycles. The zero-order valence-corrected chi connectivity index (χ0v) is 14.2. The van der Waals surface area contributed by atoms with Crippen LogP contribution in [0, 0.1) is 11.6 Å². The van der Waals surface area contributed by atoms with E-state index in [-0.39, 0.29) is 23.1 Å². The van der Waals surface area contributed by atoms with Crippen LogP contribution in [0.4, 0.5) is 8.78 Å². The lowest BCUT2D eigenvalue weighted by Gasteiger charge is -2.07. The third kappa shape index (κ3) is 3.24. The van der Waals surface area contributed by atoms with Crippen molar-refractivity contribution in [3.05, 3.63) is 75.4 Å². The zero-order chi connectivity index (χ0) is 19.0. The summed E-state index contributed by atoms with van der Waals surface area (Å²) in [5.41, 5.74) is 0.583. The summed E-state index contributed by atoms with van der Waals surface area (Å²) in [6.45, 7) is 0.0417. The number of aromatic nitrogens is 5. The first-order valence-electron chi connectivity index (χ1n) is 7.69. The van der Waals surface area contributed by atoms with Gasteiger partial charge in [0.15, 0.2) is 5.82 Å². The van der Waals surface area contributed by atoms with Gasteiger partial charge in [-0.1, -0.05) is 28.9 Å². The Hall–Kier alpha value is -3.33. The van der Waals surface area contributed by atoms with Gasteiger partial charge in [-0.2, -0.15) is 9.49 Å². The van der Waals surface area contributed by atoms with Crippen LogP contribution in [0.5, 0.6) is 0 Å². The van der Waals surface area contributed by atoms with Crippen LogP contribution in [0.1, 0.15) is 5.56 Å². The monoisotopic (exact) mass is 389 g/mol. The van der Waals surface area contributed by atoms with Crippen LogP contribution in [0.3, 0.4) is 0 Å². The Kier molecular flexibility index (Phi) is 4.28. The fourth-order valence-electron chi connectivity index (χ4n) is 2.55. The quantitative estimate of drug-likeness (QED) is 0.578. The van der Waals surface area contributed by atoms with E-state index in [9.17, 15) is 13.6 Å². The number of hydrogen-bond acceptors (Lipinski definition) is 5. The molecule has 0 saturated heterocycles. The normalized spacial score (nSPS) is 11.1. The van der Waals surface area contributed by atoms with E-state index in [1.807, 2.05) is 0 Å². The van der Waals surface area contributed by atoms with Crippen molar-refractivity contribution in [2.75, 3.05) is 0 Å². The fraction of sp³-hybridized carbons (Fsp3) is 0.0588. The maximum atomic E-state index is 14.3. The van der Waals surface area contributed by atoms with Crippen molar-refractivity contribution in [1.82, 2.24) is 24.9 Å². The molecule has 0 spiro atoms. The van der Waals surface area contributed by atoms with E-state index < -0.39 is 17.2 Å². The second kappa shape index (κ2) is 6.76. The third-order valence-electron chi connectivity index (χ3n) is 3.83. The summed E-state index contributed by atoms with van der Waals surface area (Å²) < 4.78 is 33.8. The van der Waals surface area contributed by atoms with Gasteiger partial charge in [0.1, 0.15) is 23.5 Å². The highest BCUT2D eigenvalue weighted by atomic mass is 35.5. The van der Waals surface area contributed by atoms with E-state index in [1.165, 1.54) is 17.0 Å². The Balaban J connectivity index is 1.82. The third-order valence-corrected chi connectivity index (χ3v) is 4.12. The Morgan fingerprint density at radius 2 is 2.07 bits per heavy atom. The summed E-state index contributed by atoms with van der Waals surface area (Å²) >= 11 is 5.84. The number of rotatable bonds is 4. The molecule has 3 aromatic heterocycles. The van der Waals surface area contributed by atoms with Crippen molar-refractivity contribution in [2.24, 2.45) is 0 Å². The molecule has 0 atom stereocenters. The molecular formula is C17H10ClF2N5O2. The first-order valence-corrected chi connectivity index (χ1v) is 8.07. The van der Waals surface area contributed by atoms with Gasteiger partial charge in [0.25, 0.3) is 5.56 Å². The van der Waals surface area contributed by atoms with Crippen molar-refractivity contribution >= 4 is 11.6 Å². The maximum absolute atomic E-state index is 14.3. The van der Waals surface area contributed by atoms with Crippen LogP contribution in [0.15, 0.2) is 52.1 Å². The molecule has 0 unspecified atom stereocenters. The lowest BCUT2D eigenvalue weighted by atomic mass is 10.2. The number of halogens is 3. The van der Waals surface area contributed by atoms with Gasteiger partial charge in [0.2, 0.25) is 5.82 Å². The minimum Gasteiger partial charge on any atom is -0.364 e. The molecule has 0 aliphatic heterocycles. The van der Waals surface area contributed by atoms with Crippen molar-refractivity contribution in [3.63, 3.8) is 0 Å². The molecule has 0 radical (unpaired) electrons. The maximum Gasteiger partial charge on any atom is 0.287 e. The minimum atomic E-state index is -1.00. The molecule has 0 saturated carbocycles. The molecule has 136 valence electrons. The van der Waals surface area contributed by atoms with Gasteiger partial charge < -0.3 is 9.51 Å². The molecule has 0 aliphatic carbocycles. The molecule has 0 amide bonds. The smallest absolute Gasteiger partial charge is 0.287 e. The van der Waals surface area contributed by atoms with E-state index in [0.29, 0.717) is 17.0 Å². The number of nitrogens with one attached hydrogen (secondary N) is 1. The van der Waals surface area contributed by atoms with Gasteiger partial charge in [-0.25, -0.2) is 9.37 Å². The number of H-pyrrole nitrogens is 1. The molecule has 4 rings (SSSR count). The predicted molar refractivity (Wildman–Crippen MR) is 92.0 cm³/mol. The van der Waals surface area contributed by atoms with Crippen LogP contribution < -0.4 is 5.56 Å². The van der Waals surface area contributed by atoms with Crippen LogP contribution >= 0.6 is 11.6 Å². The van der Waals surface area contributed by atoms with Gasteiger partial charge >= 0.3 is 0 Å². The van der Waals surface area contributed by atoms with Crippen LogP contribution in [-0.4, -0.2) is 24.9 Å². The molecular weight excluding hydrogens is 380 g/mol. The van der Waals surface area contributed by atoms with Crippen molar-refractivity contribution in [2.45, 2.75) is 6.54 Å². The van der Waals surface area contributed by atoms with E-state index in [2.05, 4.69) is 20.2 Å². The molecule has 7 nitrogen and oxygen atoms in total. The van der Waals surface area contributed by atoms with Crippen LogP contribution in [0.25, 0.3) is 22.9 Å². The second-order valence-electron chi connectivity index (χ2n) is 5.58. The lowest BCUT2D eigenvalue weighted by molar-refractivity contribution is 0.421. The summed E-state index contributed by atoms with van der Waals surface area (Å²) in [4.78, 5) is 17.7. The van der Waals surface area contributed by atoms with Gasteiger partial charge in [0, 0.05) is 11.6 Å². The minimum absolute atomic E-state index is 0.00704. The van der Waals surface area contributed by atoms with Gasteiger partial charge in [-0.3, -0.25) is 9.48 Å². The summed E-state index contributed by atoms with van der Waals surface area (Å²) in [6, 6.07) is 7.83. The van der Waals surface area contributed by atoms with Gasteiger partial charge in [-0.05, 0) is 12.1 Å². The fourth-order valence-corrected chi connectivity index (χ4v) is 2.74. The largest absolute Gasteiger partial charge is 0.364 e. The van der Waals surface area contributed by atoms with E-state index in [1.54, 1.807) is 24.3 Å². The number of aromatic amines is 1. The average Bonchev–Trinajstić information content (AvgIpc) is 3.31. The van der Waals surface area contributed by atoms with E-state index >= 15 is 0 Å². The van der Waals surface area contributed by atoms with E-state index in [0.717, 1.165) is 6.20 Å². The Bertz CT molecular complexity index is 1170. The molecule has 0 aliphatic rings. The summed E-state index contributed by atoms with van der Waals surface area (Å²) in [5, 5.41) is 8.20. The number of nitrogens with zero attached hydrogens (tertiary/aromatic N) is 4. The highest BCUT2D eigenvalue weighted by Gasteiger charge is 2.17. The zero-order valence-electron chi connectivity index (χ0n) is 13.5. The molecule has 27 heavy (non-hydrogen) atoms. The predicted octanol–water partition coefficient (Wildman–Crippen LogP) is 3.27. The Morgan fingerprint density at radius 3 is 2.81 bits per heavy atom. The summed E-state index contributed by atoms with van der Waals surface area (Å²) in [5.74, 6) is -1.50. The van der Waals surface area contributed by atoms with Gasteiger partial charge in [0.05, 0.1) is 23.5 Å². The molecule has 0 bridgehead atoms. The molecule has 1 N–H and O–H groups in total. The topological polar surface area (TPSA) is 89.6 Å². The van der Waals surface area contributed by atoms with Crippen LogP contribution in [0.2, 0.25) is 5.02 Å². The Morgan fingerprint density at radius 1 is 1.22 bits per heavy atom. The molecule has 3 heterocycles. The molecule has 10 heteroatoms. The summed E-state index contributed by atoms with van der Waals surface area (Å²) in [6.07, 6.45) is 2.18. The highest BCUT2D eigenvalue weighted by molar-refractivity contribution is 6.30. The van der Waals surface area contributed by atoms with Crippen molar-refractivity contribution in [3.8, 4) is 22.9 Å².